The van der Waals surface area contributed by atoms with Crippen LogP contribution in [0.25, 0.3) is 10.9 Å². The average molecular weight is 288 g/mol. The van der Waals surface area contributed by atoms with Crippen molar-refractivity contribution in [3.8, 4) is 0 Å². The van der Waals surface area contributed by atoms with E-state index in [2.05, 4.69) is 4.98 Å². The summed E-state index contributed by atoms with van der Waals surface area (Å²) in [5.74, 6) is -0.937. The van der Waals surface area contributed by atoms with Crippen molar-refractivity contribution < 1.29 is 9.18 Å². The van der Waals surface area contributed by atoms with Crippen LogP contribution in [0.2, 0.25) is 5.02 Å². The Labute approximate surface area is 120 Å². The van der Waals surface area contributed by atoms with Gasteiger partial charge in [-0.3, -0.25) is 4.79 Å². The highest BCUT2D eigenvalue weighted by molar-refractivity contribution is 6.31. The van der Waals surface area contributed by atoms with E-state index in [9.17, 15) is 9.18 Å². The number of halogens is 2. The van der Waals surface area contributed by atoms with Crippen molar-refractivity contribution in [2.45, 2.75) is 6.92 Å². The number of hydrogen-bond donors (Lipinski definition) is 1. The van der Waals surface area contributed by atoms with Crippen LogP contribution in [0.3, 0.4) is 0 Å². The van der Waals surface area contributed by atoms with Crippen LogP contribution in [0.15, 0.2) is 42.6 Å². The highest BCUT2D eigenvalue weighted by Gasteiger charge is 2.19. The molecule has 4 heteroatoms. The number of carbonyl (C=O) groups is 1. The fraction of sp³-hybridized carbons (Fsp3) is 0.0625. The molecule has 3 aromatic rings. The van der Waals surface area contributed by atoms with Crippen LogP contribution in [0.1, 0.15) is 21.5 Å². The van der Waals surface area contributed by atoms with Crippen molar-refractivity contribution in [2.24, 2.45) is 0 Å². The number of fused-ring (bicyclic) bond motifs is 1. The minimum atomic E-state index is -0.567. The van der Waals surface area contributed by atoms with E-state index in [1.165, 1.54) is 18.2 Å². The molecule has 0 saturated heterocycles. The number of aromatic nitrogens is 1. The maximum atomic E-state index is 13.8. The molecule has 20 heavy (non-hydrogen) atoms. The predicted molar refractivity (Wildman–Crippen MR) is 77.9 cm³/mol. The average Bonchev–Trinajstić information content (AvgIpc) is 2.86. The van der Waals surface area contributed by atoms with Gasteiger partial charge in [-0.15, -0.1) is 0 Å². The minimum absolute atomic E-state index is 0.0124. The van der Waals surface area contributed by atoms with Crippen LogP contribution in [0, 0.1) is 12.7 Å². The van der Waals surface area contributed by atoms with Crippen LogP contribution in [-0.4, -0.2) is 10.8 Å². The summed E-state index contributed by atoms with van der Waals surface area (Å²) < 4.78 is 13.8. The van der Waals surface area contributed by atoms with E-state index >= 15 is 0 Å². The lowest BCUT2D eigenvalue weighted by Crippen LogP contribution is -2.04. The number of aryl methyl sites for hydroxylation is 1. The highest BCUT2D eigenvalue weighted by Crippen LogP contribution is 2.26. The van der Waals surface area contributed by atoms with Crippen LogP contribution < -0.4 is 0 Å². The summed E-state index contributed by atoms with van der Waals surface area (Å²) in [6.45, 7) is 1.92. The molecule has 3 rings (SSSR count). The lowest BCUT2D eigenvalue weighted by atomic mass is 10.00. The molecule has 0 aliphatic rings. The van der Waals surface area contributed by atoms with Crippen molar-refractivity contribution in [1.82, 2.24) is 4.98 Å². The topological polar surface area (TPSA) is 32.9 Å². The molecule has 2 nitrogen and oxygen atoms in total. The van der Waals surface area contributed by atoms with Crippen molar-refractivity contribution in [1.29, 1.82) is 0 Å². The lowest BCUT2D eigenvalue weighted by Gasteiger charge is -2.04. The second-order valence-corrected chi connectivity index (χ2v) is 5.09. The molecule has 1 heterocycles. The number of carbonyl (C=O) groups excluding carboxylic acids is 1. The number of benzene rings is 2. The molecular weight excluding hydrogens is 277 g/mol. The first kappa shape index (κ1) is 12.9. The molecule has 0 aliphatic carbocycles. The lowest BCUT2D eigenvalue weighted by molar-refractivity contribution is 0.103. The molecule has 0 unspecified atom stereocenters. The molecule has 1 N–H and O–H groups in total. The normalized spacial score (nSPS) is 10.9. The number of ketones is 1. The van der Waals surface area contributed by atoms with Crippen molar-refractivity contribution in [2.75, 3.05) is 0 Å². The van der Waals surface area contributed by atoms with Gasteiger partial charge in [-0.2, -0.15) is 0 Å². The van der Waals surface area contributed by atoms with Crippen LogP contribution in [0.4, 0.5) is 4.39 Å². The Hall–Kier alpha value is -2.13. The molecule has 0 amide bonds. The zero-order valence-electron chi connectivity index (χ0n) is 10.7. The second kappa shape index (κ2) is 4.76. The largest absolute Gasteiger partial charge is 0.360 e. The van der Waals surface area contributed by atoms with E-state index < -0.39 is 5.82 Å². The fourth-order valence-corrected chi connectivity index (χ4v) is 2.54. The summed E-state index contributed by atoms with van der Waals surface area (Å²) in [4.78, 5) is 15.6. The van der Waals surface area contributed by atoms with Crippen molar-refractivity contribution >= 4 is 28.3 Å². The third-order valence-electron chi connectivity index (χ3n) is 3.33. The Balaban J connectivity index is 2.21. The van der Waals surface area contributed by atoms with Gasteiger partial charge >= 0.3 is 0 Å². The molecule has 2 aromatic carbocycles. The molecule has 0 radical (unpaired) electrons. The molecule has 1 aromatic heterocycles. The number of H-pyrrole nitrogens is 1. The van der Waals surface area contributed by atoms with Gasteiger partial charge in [0.25, 0.3) is 0 Å². The molecule has 0 spiro atoms. The third-order valence-corrected chi connectivity index (χ3v) is 3.57. The fourth-order valence-electron chi connectivity index (χ4n) is 2.36. The Morgan fingerprint density at radius 2 is 2.00 bits per heavy atom. The van der Waals surface area contributed by atoms with Gasteiger partial charge < -0.3 is 4.98 Å². The van der Waals surface area contributed by atoms with Gasteiger partial charge in [-0.1, -0.05) is 23.7 Å². The number of aromatic amines is 1. The number of nitrogens with one attached hydrogen (secondary N) is 1. The molecule has 0 fully saturated rings. The van der Waals surface area contributed by atoms with Gasteiger partial charge in [0, 0.05) is 27.7 Å². The monoisotopic (exact) mass is 287 g/mol. The van der Waals surface area contributed by atoms with E-state index in [0.717, 1.165) is 16.5 Å². The molecule has 0 saturated carbocycles. The van der Waals surface area contributed by atoms with Gasteiger partial charge in [0.2, 0.25) is 0 Å². The second-order valence-electron chi connectivity index (χ2n) is 4.65. The summed E-state index contributed by atoms with van der Waals surface area (Å²) in [7, 11) is 0. The van der Waals surface area contributed by atoms with Gasteiger partial charge in [0.1, 0.15) is 5.82 Å². The first-order chi connectivity index (χ1) is 9.58. The highest BCUT2D eigenvalue weighted by atomic mass is 35.5. The summed E-state index contributed by atoms with van der Waals surface area (Å²) in [5.41, 5.74) is 2.27. The van der Waals surface area contributed by atoms with Crippen LogP contribution >= 0.6 is 11.6 Å². The predicted octanol–water partition coefficient (Wildman–Crippen LogP) is 4.50. The van der Waals surface area contributed by atoms with Crippen molar-refractivity contribution in [3.63, 3.8) is 0 Å². The zero-order chi connectivity index (χ0) is 14.3. The standard InChI is InChI=1S/C16H11ClFNO/c1-9-3-2-4-14-15(9)12(8-19-14)16(20)11-7-10(17)5-6-13(11)18/h2-8,19H,1H3. The van der Waals surface area contributed by atoms with Crippen LogP contribution in [-0.2, 0) is 0 Å². The van der Waals surface area contributed by atoms with Gasteiger partial charge in [0.05, 0.1) is 5.56 Å². The third kappa shape index (κ3) is 2.00. The summed E-state index contributed by atoms with van der Waals surface area (Å²) in [5, 5.41) is 1.16. The summed E-state index contributed by atoms with van der Waals surface area (Å²) >= 11 is 5.85. The molecule has 0 atom stereocenters. The zero-order valence-corrected chi connectivity index (χ0v) is 11.5. The molecule has 0 bridgehead atoms. The first-order valence-corrected chi connectivity index (χ1v) is 6.52. The SMILES string of the molecule is Cc1cccc2[nH]cc(C(=O)c3cc(Cl)ccc3F)c12. The van der Waals surface area contributed by atoms with Gasteiger partial charge in [0.15, 0.2) is 5.78 Å². The summed E-state index contributed by atoms with van der Waals surface area (Å²) in [6, 6.07) is 9.69. The molecule has 0 aliphatic heterocycles. The molecular formula is C16H11ClFNO. The molecule has 100 valence electrons. The smallest absolute Gasteiger partial charge is 0.198 e. The van der Waals surface area contributed by atoms with E-state index in [1.54, 1.807) is 6.20 Å². The quantitative estimate of drug-likeness (QED) is 0.692. The number of hydrogen-bond acceptors (Lipinski definition) is 1. The van der Waals surface area contributed by atoms with Gasteiger partial charge in [-0.25, -0.2) is 4.39 Å². The Morgan fingerprint density at radius 3 is 2.80 bits per heavy atom. The van der Waals surface area contributed by atoms with E-state index in [4.69, 9.17) is 11.6 Å². The van der Waals surface area contributed by atoms with Gasteiger partial charge in [-0.05, 0) is 36.8 Å². The Kier molecular flexibility index (Phi) is 3.07. The first-order valence-electron chi connectivity index (χ1n) is 6.14. The van der Waals surface area contributed by atoms with E-state index in [0.29, 0.717) is 10.6 Å². The Bertz CT molecular complexity index is 822. The van der Waals surface area contributed by atoms with Crippen LogP contribution in [0.5, 0.6) is 0 Å². The minimum Gasteiger partial charge on any atom is -0.360 e. The Morgan fingerprint density at radius 1 is 1.20 bits per heavy atom. The number of rotatable bonds is 2. The van der Waals surface area contributed by atoms with E-state index in [1.807, 2.05) is 25.1 Å². The maximum Gasteiger partial charge on any atom is 0.198 e. The maximum absolute atomic E-state index is 13.8. The van der Waals surface area contributed by atoms with Crippen molar-refractivity contribution in [3.05, 3.63) is 70.1 Å². The van der Waals surface area contributed by atoms with E-state index in [-0.39, 0.29) is 11.3 Å². The summed E-state index contributed by atoms with van der Waals surface area (Å²) in [6.07, 6.45) is 1.61.